The van der Waals surface area contributed by atoms with Gasteiger partial charge in [-0.2, -0.15) is 4.31 Å². The molecule has 0 radical (unpaired) electrons. The van der Waals surface area contributed by atoms with Crippen molar-refractivity contribution >= 4 is 27.2 Å². The maximum atomic E-state index is 12.2. The van der Waals surface area contributed by atoms with Crippen molar-refractivity contribution in [1.82, 2.24) is 4.31 Å². The predicted molar refractivity (Wildman–Crippen MR) is 76.0 cm³/mol. The molecule has 1 aliphatic rings. The van der Waals surface area contributed by atoms with Gasteiger partial charge < -0.3 is 10.5 Å². The second-order valence-corrected chi connectivity index (χ2v) is 8.31. The number of rotatable bonds is 4. The molecule has 1 heterocycles. The molecule has 18 heavy (non-hydrogen) atoms. The minimum absolute atomic E-state index is 0.00191. The van der Waals surface area contributed by atoms with Crippen LogP contribution in [0.5, 0.6) is 0 Å². The minimum Gasteiger partial charge on any atom is -0.391 e. The van der Waals surface area contributed by atoms with Gasteiger partial charge in [0.15, 0.2) is 0 Å². The molecular weight excluding hydrogens is 272 g/mol. The fourth-order valence-corrected chi connectivity index (χ4v) is 3.60. The number of sulfonamides is 1. The Balaban J connectivity index is 2.64. The van der Waals surface area contributed by atoms with E-state index in [9.17, 15) is 8.42 Å². The highest BCUT2D eigenvalue weighted by Crippen LogP contribution is 2.21. The van der Waals surface area contributed by atoms with E-state index in [0.717, 1.165) is 0 Å². The predicted octanol–water partition coefficient (Wildman–Crippen LogP) is 0.739. The van der Waals surface area contributed by atoms with E-state index in [4.69, 9.17) is 22.7 Å². The van der Waals surface area contributed by atoms with Crippen molar-refractivity contribution in [2.24, 2.45) is 11.1 Å². The highest BCUT2D eigenvalue weighted by molar-refractivity contribution is 7.89. The lowest BCUT2D eigenvalue weighted by atomic mass is 9.94. The van der Waals surface area contributed by atoms with Gasteiger partial charge in [-0.25, -0.2) is 8.42 Å². The molecule has 5 nitrogen and oxygen atoms in total. The van der Waals surface area contributed by atoms with Crippen LogP contribution in [0.4, 0.5) is 0 Å². The Bertz CT molecular complexity index is 401. The van der Waals surface area contributed by atoms with E-state index in [-0.39, 0.29) is 22.7 Å². The zero-order valence-electron chi connectivity index (χ0n) is 11.2. The maximum absolute atomic E-state index is 12.2. The summed E-state index contributed by atoms with van der Waals surface area (Å²) in [5.74, 6) is 0.153. The molecule has 1 aliphatic heterocycles. The summed E-state index contributed by atoms with van der Waals surface area (Å²) in [5.41, 5.74) is 5.50. The second-order valence-electron chi connectivity index (χ2n) is 5.75. The lowest BCUT2D eigenvalue weighted by Gasteiger charge is -2.32. The molecule has 0 amide bonds. The smallest absolute Gasteiger partial charge is 0.214 e. The van der Waals surface area contributed by atoms with Crippen LogP contribution in [0.2, 0.25) is 0 Å². The van der Waals surface area contributed by atoms with Crippen LogP contribution in [0.15, 0.2) is 0 Å². The van der Waals surface area contributed by atoms with Crippen LogP contribution in [-0.4, -0.2) is 49.3 Å². The summed E-state index contributed by atoms with van der Waals surface area (Å²) in [5, 5.41) is 0. The first-order valence-electron chi connectivity index (χ1n) is 6.00. The van der Waals surface area contributed by atoms with Crippen LogP contribution >= 0.6 is 12.2 Å². The molecule has 1 rings (SSSR count). The van der Waals surface area contributed by atoms with Gasteiger partial charge >= 0.3 is 0 Å². The van der Waals surface area contributed by atoms with Crippen molar-refractivity contribution < 1.29 is 13.2 Å². The van der Waals surface area contributed by atoms with Crippen molar-refractivity contribution in [3.63, 3.8) is 0 Å². The van der Waals surface area contributed by atoms with E-state index >= 15 is 0 Å². The summed E-state index contributed by atoms with van der Waals surface area (Å²) in [6.07, 6.45) is 0.169. The number of thiocarbonyl (C=S) groups is 1. The van der Waals surface area contributed by atoms with E-state index < -0.39 is 16.1 Å². The Morgan fingerprint density at radius 3 is 2.61 bits per heavy atom. The van der Waals surface area contributed by atoms with E-state index in [2.05, 4.69) is 0 Å². The van der Waals surface area contributed by atoms with Crippen molar-refractivity contribution in [2.75, 3.05) is 25.4 Å². The van der Waals surface area contributed by atoms with E-state index in [0.29, 0.717) is 19.6 Å². The summed E-state index contributed by atoms with van der Waals surface area (Å²) in [7, 11) is -3.24. The molecule has 0 aromatic carbocycles. The van der Waals surface area contributed by atoms with Gasteiger partial charge in [-0.3, -0.25) is 0 Å². The van der Waals surface area contributed by atoms with Gasteiger partial charge in [0.1, 0.15) is 11.1 Å². The highest BCUT2D eigenvalue weighted by atomic mass is 32.2. The molecule has 2 N–H and O–H groups in total. The van der Waals surface area contributed by atoms with Crippen LogP contribution in [0.25, 0.3) is 0 Å². The van der Waals surface area contributed by atoms with E-state index in [1.54, 1.807) is 0 Å². The quantitative estimate of drug-likeness (QED) is 0.774. The molecular formula is C11H22N2O3S2. The fourth-order valence-electron chi connectivity index (χ4n) is 1.61. The number of morpholine rings is 1. The number of ether oxygens (including phenoxy) is 1. The van der Waals surface area contributed by atoms with Gasteiger partial charge in [-0.05, 0) is 11.8 Å². The zero-order chi connectivity index (χ0) is 14.0. The van der Waals surface area contributed by atoms with Crippen molar-refractivity contribution in [2.45, 2.75) is 33.3 Å². The summed E-state index contributed by atoms with van der Waals surface area (Å²) >= 11 is 4.85. The Kier molecular flexibility index (Phi) is 5.11. The summed E-state index contributed by atoms with van der Waals surface area (Å²) in [6, 6.07) is 0. The van der Waals surface area contributed by atoms with Crippen LogP contribution in [-0.2, 0) is 14.8 Å². The Labute approximate surface area is 115 Å². The lowest BCUT2D eigenvalue weighted by molar-refractivity contribution is 0.0385. The molecule has 0 aromatic rings. The third-order valence-corrected chi connectivity index (χ3v) is 4.95. The number of hydrogen-bond donors (Lipinski definition) is 1. The van der Waals surface area contributed by atoms with Crippen LogP contribution < -0.4 is 5.73 Å². The van der Waals surface area contributed by atoms with E-state index in [1.807, 2.05) is 20.8 Å². The zero-order valence-corrected chi connectivity index (χ0v) is 12.8. The van der Waals surface area contributed by atoms with Gasteiger partial charge in [0, 0.05) is 13.1 Å². The van der Waals surface area contributed by atoms with Gasteiger partial charge in [0.05, 0.1) is 12.4 Å². The summed E-state index contributed by atoms with van der Waals surface area (Å²) < 4.78 is 31.1. The largest absolute Gasteiger partial charge is 0.391 e. The number of nitrogens with two attached hydrogens (primary N) is 1. The average Bonchev–Trinajstić information content (AvgIpc) is 2.26. The Hall–Kier alpha value is -0.240. The van der Waals surface area contributed by atoms with Crippen LogP contribution in [0, 0.1) is 5.41 Å². The molecule has 0 saturated carbocycles. The average molecular weight is 294 g/mol. The molecule has 1 atom stereocenters. The topological polar surface area (TPSA) is 72.6 Å². The monoisotopic (exact) mass is 294 g/mol. The third kappa shape index (κ3) is 4.79. The summed E-state index contributed by atoms with van der Waals surface area (Å²) in [4.78, 5) is 0.214. The van der Waals surface area contributed by atoms with E-state index in [1.165, 1.54) is 4.31 Å². The lowest BCUT2D eigenvalue weighted by Crippen LogP contribution is -2.50. The molecule has 0 bridgehead atoms. The van der Waals surface area contributed by atoms with Gasteiger partial charge in [0.25, 0.3) is 0 Å². The molecule has 0 aliphatic carbocycles. The normalized spacial score (nSPS) is 22.9. The van der Waals surface area contributed by atoms with Gasteiger partial charge in [-0.1, -0.05) is 33.0 Å². The minimum atomic E-state index is -3.24. The molecule has 0 aromatic heterocycles. The van der Waals surface area contributed by atoms with Crippen molar-refractivity contribution in [3.05, 3.63) is 0 Å². The third-order valence-electron chi connectivity index (χ3n) is 2.85. The molecule has 106 valence electrons. The van der Waals surface area contributed by atoms with Crippen LogP contribution in [0.3, 0.4) is 0 Å². The second kappa shape index (κ2) is 5.81. The van der Waals surface area contributed by atoms with Crippen LogP contribution in [0.1, 0.15) is 27.2 Å². The SMILES string of the molecule is CC(C)(C)CCS(=O)(=O)N1CCOC(C(N)=S)C1. The first-order valence-corrected chi connectivity index (χ1v) is 8.02. The fraction of sp³-hybridized carbons (Fsp3) is 0.909. The van der Waals surface area contributed by atoms with Crippen molar-refractivity contribution in [1.29, 1.82) is 0 Å². The maximum Gasteiger partial charge on any atom is 0.214 e. The van der Waals surface area contributed by atoms with Gasteiger partial charge in [-0.15, -0.1) is 0 Å². The number of nitrogens with zero attached hydrogens (tertiary/aromatic N) is 1. The molecule has 1 fully saturated rings. The molecule has 1 unspecified atom stereocenters. The first-order chi connectivity index (χ1) is 8.12. The molecule has 0 spiro atoms. The van der Waals surface area contributed by atoms with Gasteiger partial charge in [0.2, 0.25) is 10.0 Å². The highest BCUT2D eigenvalue weighted by Gasteiger charge is 2.31. The molecule has 7 heteroatoms. The standard InChI is InChI=1S/C11H22N2O3S2/c1-11(2,3)4-7-18(14,15)13-5-6-16-9(8-13)10(12)17/h9H,4-8H2,1-3H3,(H2,12,17). The Morgan fingerprint density at radius 1 is 1.50 bits per heavy atom. The Morgan fingerprint density at radius 2 is 2.11 bits per heavy atom. The first kappa shape index (κ1) is 15.8. The summed E-state index contributed by atoms with van der Waals surface area (Å²) in [6.45, 7) is 7.04. The molecule has 1 saturated heterocycles. The number of hydrogen-bond acceptors (Lipinski definition) is 4. The van der Waals surface area contributed by atoms with Crippen molar-refractivity contribution in [3.8, 4) is 0 Å².